The van der Waals surface area contributed by atoms with Crippen LogP contribution in [0.5, 0.6) is 0 Å². The average molecular weight is 337 g/mol. The fraction of sp³-hybridized carbons (Fsp3) is 0.909. The molecule has 0 aromatic carbocycles. The minimum absolute atomic E-state index is 0.803. The van der Waals surface area contributed by atoms with Crippen LogP contribution in [-0.2, 0) is 9.47 Å². The largest absolute Gasteiger partial charge is 0.501 e. The second-order valence-electron chi connectivity index (χ2n) is 8.12. The molecule has 0 amide bonds. The zero-order valence-electron chi connectivity index (χ0n) is 16.2. The Morgan fingerprint density at radius 1 is 0.708 bits per heavy atom. The second kappa shape index (κ2) is 12.0. The maximum absolute atomic E-state index is 5.65. The van der Waals surface area contributed by atoms with Gasteiger partial charge in [0.25, 0.3) is 0 Å². The molecule has 24 heavy (non-hydrogen) atoms. The van der Waals surface area contributed by atoms with Crippen molar-refractivity contribution in [2.45, 2.75) is 84.5 Å². The highest BCUT2D eigenvalue weighted by atomic mass is 16.5. The highest BCUT2D eigenvalue weighted by molar-refractivity contribution is 4.77. The van der Waals surface area contributed by atoms with Gasteiger partial charge < -0.3 is 9.47 Å². The molecule has 0 aromatic heterocycles. The molecule has 0 N–H and O–H groups in total. The predicted octanol–water partition coefficient (Wildman–Crippen LogP) is 6.36. The Morgan fingerprint density at radius 2 is 1.21 bits per heavy atom. The maximum atomic E-state index is 5.65. The number of hydrogen-bond acceptors (Lipinski definition) is 2. The third-order valence-corrected chi connectivity index (χ3v) is 6.23. The lowest BCUT2D eigenvalue weighted by atomic mass is 9.76. The molecule has 0 saturated heterocycles. The van der Waals surface area contributed by atoms with Crippen LogP contribution in [0.15, 0.2) is 12.3 Å². The van der Waals surface area contributed by atoms with Gasteiger partial charge in [-0.15, -0.1) is 0 Å². The zero-order chi connectivity index (χ0) is 17.0. The molecule has 2 heteroatoms. The minimum atomic E-state index is 0.803. The van der Waals surface area contributed by atoms with Crippen LogP contribution in [0.1, 0.15) is 84.5 Å². The Balaban J connectivity index is 1.51. The molecule has 2 nitrogen and oxygen atoms in total. The van der Waals surface area contributed by atoms with Crippen LogP contribution < -0.4 is 0 Å². The van der Waals surface area contributed by atoms with E-state index < -0.39 is 0 Å². The zero-order valence-corrected chi connectivity index (χ0v) is 16.2. The van der Waals surface area contributed by atoms with E-state index in [1.807, 2.05) is 6.26 Å². The Labute approximate surface area is 150 Å². The molecular weight excluding hydrogens is 296 g/mol. The van der Waals surface area contributed by atoms with E-state index in [2.05, 4.69) is 19.9 Å². The van der Waals surface area contributed by atoms with Gasteiger partial charge in [0.1, 0.15) is 0 Å². The number of rotatable bonds is 10. The lowest BCUT2D eigenvalue weighted by Crippen LogP contribution is -2.21. The van der Waals surface area contributed by atoms with E-state index in [0.29, 0.717) is 0 Å². The number of allylic oxidation sites excluding steroid dienone is 1. The molecule has 0 spiro atoms. The highest BCUT2D eigenvalue weighted by Crippen LogP contribution is 2.36. The minimum Gasteiger partial charge on any atom is -0.501 e. The standard InChI is InChI=1S/C22H40O2/c1-3-5-16-24-18-22-14-10-20(11-15-22)7-6-19-8-12-21(13-9-19)17-23-4-2/h5,16,19-22H,3-4,6-15,17-18H2,1-2H3/t19-,20-,21-,22-. The first-order valence-corrected chi connectivity index (χ1v) is 10.7. The first-order valence-electron chi connectivity index (χ1n) is 10.7. The highest BCUT2D eigenvalue weighted by Gasteiger charge is 2.24. The Bertz CT molecular complexity index is 323. The van der Waals surface area contributed by atoms with Crippen molar-refractivity contribution in [2.24, 2.45) is 23.7 Å². The lowest BCUT2D eigenvalue weighted by Gasteiger charge is -2.31. The molecule has 2 fully saturated rings. The molecule has 0 bridgehead atoms. The van der Waals surface area contributed by atoms with Crippen molar-refractivity contribution < 1.29 is 9.47 Å². The Hall–Kier alpha value is -0.500. The van der Waals surface area contributed by atoms with Crippen LogP contribution in [-0.4, -0.2) is 19.8 Å². The van der Waals surface area contributed by atoms with Gasteiger partial charge in [0.05, 0.1) is 12.9 Å². The number of ether oxygens (including phenoxy) is 2. The summed E-state index contributed by atoms with van der Waals surface area (Å²) in [6, 6.07) is 0. The van der Waals surface area contributed by atoms with Gasteiger partial charge in [-0.25, -0.2) is 0 Å². The number of hydrogen-bond donors (Lipinski definition) is 0. The molecule has 2 aliphatic carbocycles. The molecule has 0 heterocycles. The molecule has 0 aromatic rings. The third-order valence-electron chi connectivity index (χ3n) is 6.23. The van der Waals surface area contributed by atoms with Crippen LogP contribution in [0.2, 0.25) is 0 Å². The molecule has 0 radical (unpaired) electrons. The first kappa shape index (κ1) is 19.8. The van der Waals surface area contributed by atoms with Crippen LogP contribution in [0.4, 0.5) is 0 Å². The summed E-state index contributed by atoms with van der Waals surface area (Å²) < 4.78 is 11.3. The predicted molar refractivity (Wildman–Crippen MR) is 102 cm³/mol. The second-order valence-corrected chi connectivity index (χ2v) is 8.12. The fourth-order valence-corrected chi connectivity index (χ4v) is 4.49. The molecular formula is C22H40O2. The smallest absolute Gasteiger partial charge is 0.0901 e. The van der Waals surface area contributed by atoms with Gasteiger partial charge in [-0.3, -0.25) is 0 Å². The van der Waals surface area contributed by atoms with Crippen molar-refractivity contribution >= 4 is 0 Å². The maximum Gasteiger partial charge on any atom is 0.0901 e. The van der Waals surface area contributed by atoms with Gasteiger partial charge in [-0.2, -0.15) is 0 Å². The molecule has 2 saturated carbocycles. The van der Waals surface area contributed by atoms with Crippen LogP contribution >= 0.6 is 0 Å². The molecule has 0 unspecified atom stereocenters. The van der Waals surface area contributed by atoms with Crippen molar-refractivity contribution in [2.75, 3.05) is 19.8 Å². The van der Waals surface area contributed by atoms with Gasteiger partial charge in [0, 0.05) is 13.2 Å². The van der Waals surface area contributed by atoms with Crippen molar-refractivity contribution in [3.05, 3.63) is 12.3 Å². The summed E-state index contributed by atoms with van der Waals surface area (Å²) in [7, 11) is 0. The summed E-state index contributed by atoms with van der Waals surface area (Å²) in [4.78, 5) is 0. The van der Waals surface area contributed by atoms with Gasteiger partial charge in [-0.05, 0) is 62.7 Å². The quantitative estimate of drug-likeness (QED) is 0.432. The first-order chi connectivity index (χ1) is 11.8. The molecule has 140 valence electrons. The van der Waals surface area contributed by atoms with Crippen LogP contribution in [0.25, 0.3) is 0 Å². The Morgan fingerprint density at radius 3 is 1.71 bits per heavy atom. The van der Waals surface area contributed by atoms with Crippen LogP contribution in [0.3, 0.4) is 0 Å². The van der Waals surface area contributed by atoms with Gasteiger partial charge in [0.15, 0.2) is 0 Å². The summed E-state index contributed by atoms with van der Waals surface area (Å²) in [6.07, 6.45) is 19.4. The van der Waals surface area contributed by atoms with Gasteiger partial charge in [-0.1, -0.05) is 51.5 Å². The van der Waals surface area contributed by atoms with Crippen molar-refractivity contribution in [1.29, 1.82) is 0 Å². The van der Waals surface area contributed by atoms with E-state index in [4.69, 9.17) is 9.47 Å². The van der Waals surface area contributed by atoms with E-state index in [-0.39, 0.29) is 0 Å². The average Bonchev–Trinajstić information content (AvgIpc) is 2.64. The monoisotopic (exact) mass is 336 g/mol. The normalized spacial score (nSPS) is 31.4. The summed E-state index contributed by atoms with van der Waals surface area (Å²) in [6.45, 7) is 7.07. The summed E-state index contributed by atoms with van der Waals surface area (Å²) in [5, 5.41) is 0. The molecule has 2 rings (SSSR count). The lowest BCUT2D eigenvalue weighted by molar-refractivity contribution is 0.0838. The topological polar surface area (TPSA) is 18.5 Å². The fourth-order valence-electron chi connectivity index (χ4n) is 4.49. The SMILES string of the molecule is CCC=COC[C@H]1CC[C@H](CC[C@H]2CC[C@H](COCC)CC2)CC1. The summed E-state index contributed by atoms with van der Waals surface area (Å²) in [5.74, 6) is 3.65. The van der Waals surface area contributed by atoms with E-state index in [1.54, 1.807) is 0 Å². The van der Waals surface area contributed by atoms with E-state index in [9.17, 15) is 0 Å². The molecule has 0 aliphatic heterocycles. The van der Waals surface area contributed by atoms with Crippen molar-refractivity contribution in [3.8, 4) is 0 Å². The van der Waals surface area contributed by atoms with Crippen molar-refractivity contribution in [1.82, 2.24) is 0 Å². The Kier molecular flexibility index (Phi) is 9.87. The van der Waals surface area contributed by atoms with E-state index in [1.165, 1.54) is 64.2 Å². The van der Waals surface area contributed by atoms with Gasteiger partial charge >= 0.3 is 0 Å². The van der Waals surface area contributed by atoms with Crippen molar-refractivity contribution in [3.63, 3.8) is 0 Å². The third kappa shape index (κ3) is 7.59. The van der Waals surface area contributed by atoms with E-state index in [0.717, 1.165) is 49.9 Å². The van der Waals surface area contributed by atoms with Crippen LogP contribution in [0, 0.1) is 23.7 Å². The summed E-state index contributed by atoms with van der Waals surface area (Å²) >= 11 is 0. The molecule has 2 aliphatic rings. The van der Waals surface area contributed by atoms with Gasteiger partial charge in [0.2, 0.25) is 0 Å². The van der Waals surface area contributed by atoms with E-state index >= 15 is 0 Å². The summed E-state index contributed by atoms with van der Waals surface area (Å²) in [5.41, 5.74) is 0. The molecule has 0 atom stereocenters.